The van der Waals surface area contributed by atoms with Crippen molar-refractivity contribution < 1.29 is 14.3 Å². The van der Waals surface area contributed by atoms with Crippen LogP contribution in [0.4, 0.5) is 0 Å². The fourth-order valence-corrected chi connectivity index (χ4v) is 6.43. The summed E-state index contributed by atoms with van der Waals surface area (Å²) in [7, 11) is 0. The van der Waals surface area contributed by atoms with Crippen molar-refractivity contribution in [2.45, 2.75) is 245 Å². The summed E-state index contributed by atoms with van der Waals surface area (Å²) in [6.45, 7) is 9.44. The lowest BCUT2D eigenvalue weighted by Gasteiger charge is -2.18. The summed E-state index contributed by atoms with van der Waals surface area (Å²) < 4.78 is 5.43. The lowest BCUT2D eigenvalue weighted by molar-refractivity contribution is -0.147. The van der Waals surface area contributed by atoms with Crippen molar-refractivity contribution >= 4 is 11.9 Å². The number of ether oxygens (including phenoxy) is 1. The molecule has 280 valence electrons. The predicted octanol–water partition coefficient (Wildman–Crippen LogP) is 12.5. The topological polar surface area (TPSA) is 67.4 Å². The first-order chi connectivity index (χ1) is 23.0. The zero-order valence-electron chi connectivity index (χ0n) is 32.4. The molecule has 0 heterocycles. The fourth-order valence-electron chi connectivity index (χ4n) is 6.43. The zero-order chi connectivity index (χ0) is 34.5. The molecule has 0 bridgehead atoms. The molecule has 1 amide bonds. The summed E-state index contributed by atoms with van der Waals surface area (Å²) in [5.74, 6) is -0.460. The zero-order valence-corrected chi connectivity index (χ0v) is 32.4. The molecule has 0 aliphatic carbocycles. The second kappa shape index (κ2) is 37.7. The van der Waals surface area contributed by atoms with Crippen LogP contribution < -0.4 is 10.6 Å². The Balaban J connectivity index is 3.49. The molecule has 5 heteroatoms. The van der Waals surface area contributed by atoms with Crippen LogP contribution in [0.5, 0.6) is 0 Å². The molecule has 0 aliphatic rings. The van der Waals surface area contributed by atoms with Crippen molar-refractivity contribution in [3.63, 3.8) is 0 Å². The van der Waals surface area contributed by atoms with Crippen LogP contribution in [0.1, 0.15) is 233 Å². The Bertz CT molecular complexity index is 656. The molecule has 0 saturated heterocycles. The normalized spacial score (nSPS) is 12.7. The minimum Gasteiger partial charge on any atom is -0.464 e. The molecule has 0 spiro atoms. The van der Waals surface area contributed by atoms with Crippen molar-refractivity contribution in [2.24, 2.45) is 0 Å². The Kier molecular flexibility index (Phi) is 36.8. The number of carbonyl (C=O) groups excluding carboxylic acids is 2. The lowest BCUT2D eigenvalue weighted by atomic mass is 10.0. The van der Waals surface area contributed by atoms with Gasteiger partial charge in [0, 0.05) is 0 Å². The van der Waals surface area contributed by atoms with Gasteiger partial charge in [0.25, 0.3) is 0 Å². The summed E-state index contributed by atoms with van der Waals surface area (Å²) in [5, 5.41) is 6.13. The number of amides is 1. The number of hydrogen-bond donors (Lipinski definition) is 2. The van der Waals surface area contributed by atoms with Gasteiger partial charge in [-0.2, -0.15) is 0 Å². The summed E-state index contributed by atoms with van der Waals surface area (Å²) in [6, 6.07) is -0.912. The minimum atomic E-state index is -0.608. The molecule has 0 aromatic carbocycles. The van der Waals surface area contributed by atoms with Gasteiger partial charge in [-0.1, -0.05) is 206 Å². The highest BCUT2D eigenvalue weighted by Crippen LogP contribution is 2.15. The molecular weight excluding hydrogens is 580 g/mol. The van der Waals surface area contributed by atoms with Gasteiger partial charge in [0.1, 0.15) is 6.04 Å². The number of rotatable bonds is 38. The molecule has 0 unspecified atom stereocenters. The smallest absolute Gasteiger partial charge is 0.328 e. The average Bonchev–Trinajstić information content (AvgIpc) is 3.07. The molecule has 2 atom stereocenters. The lowest BCUT2D eigenvalue weighted by Crippen LogP contribution is -2.48. The molecule has 0 rings (SSSR count). The van der Waals surface area contributed by atoms with Crippen LogP contribution in [0.15, 0.2) is 0 Å². The van der Waals surface area contributed by atoms with Crippen molar-refractivity contribution in [1.82, 2.24) is 10.6 Å². The second-order valence-electron chi connectivity index (χ2n) is 14.7. The van der Waals surface area contributed by atoms with E-state index in [9.17, 15) is 9.59 Å². The van der Waals surface area contributed by atoms with Gasteiger partial charge in [0.15, 0.2) is 0 Å². The predicted molar refractivity (Wildman–Crippen MR) is 205 cm³/mol. The van der Waals surface area contributed by atoms with Gasteiger partial charge in [-0.25, -0.2) is 4.79 Å². The van der Waals surface area contributed by atoms with Crippen LogP contribution in [-0.4, -0.2) is 37.1 Å². The van der Waals surface area contributed by atoms with Crippen LogP contribution in [0.2, 0.25) is 0 Å². The largest absolute Gasteiger partial charge is 0.464 e. The number of carbonyl (C=O) groups is 2. The number of nitrogens with one attached hydrogen (secondary N) is 2. The number of esters is 1. The summed E-state index contributed by atoms with van der Waals surface area (Å²) in [5.41, 5.74) is 0. The van der Waals surface area contributed by atoms with E-state index in [1.807, 2.05) is 6.92 Å². The van der Waals surface area contributed by atoms with Crippen LogP contribution >= 0.6 is 0 Å². The second-order valence-corrected chi connectivity index (χ2v) is 14.7. The third-order valence-corrected chi connectivity index (χ3v) is 9.83. The molecule has 0 fully saturated rings. The summed E-state index contributed by atoms with van der Waals surface area (Å²) in [4.78, 5) is 24.8. The summed E-state index contributed by atoms with van der Waals surface area (Å²) in [6.07, 6.45) is 43.0. The van der Waals surface area contributed by atoms with Crippen molar-refractivity contribution in [3.05, 3.63) is 0 Å². The van der Waals surface area contributed by atoms with E-state index >= 15 is 0 Å². The van der Waals surface area contributed by atoms with Gasteiger partial charge in [0.2, 0.25) is 5.91 Å². The minimum absolute atomic E-state index is 0.131. The maximum Gasteiger partial charge on any atom is 0.328 e. The van der Waals surface area contributed by atoms with E-state index in [-0.39, 0.29) is 17.9 Å². The van der Waals surface area contributed by atoms with Crippen LogP contribution in [0.3, 0.4) is 0 Å². The molecule has 0 saturated carbocycles. The van der Waals surface area contributed by atoms with Crippen LogP contribution in [0, 0.1) is 0 Å². The van der Waals surface area contributed by atoms with Gasteiger partial charge in [-0.15, -0.1) is 0 Å². The Morgan fingerprint density at radius 3 is 1.06 bits per heavy atom. The van der Waals surface area contributed by atoms with Gasteiger partial charge >= 0.3 is 5.97 Å². The average molecular weight is 665 g/mol. The van der Waals surface area contributed by atoms with Crippen molar-refractivity contribution in [1.29, 1.82) is 0 Å². The number of unbranched alkanes of at least 4 members (excludes halogenated alkanes) is 30. The molecule has 5 nitrogen and oxygen atoms in total. The van der Waals surface area contributed by atoms with Gasteiger partial charge in [-0.05, 0) is 33.2 Å². The van der Waals surface area contributed by atoms with E-state index in [4.69, 9.17) is 4.74 Å². The van der Waals surface area contributed by atoms with Crippen LogP contribution in [-0.2, 0) is 14.3 Å². The maximum atomic E-state index is 12.5. The van der Waals surface area contributed by atoms with E-state index < -0.39 is 6.04 Å². The van der Waals surface area contributed by atoms with E-state index in [1.165, 1.54) is 186 Å². The highest BCUT2D eigenvalue weighted by molar-refractivity contribution is 5.87. The van der Waals surface area contributed by atoms with Crippen molar-refractivity contribution in [3.8, 4) is 0 Å². The quantitative estimate of drug-likeness (QED) is 0.0509. The third-order valence-electron chi connectivity index (χ3n) is 9.83. The first-order valence-corrected chi connectivity index (χ1v) is 21.2. The Morgan fingerprint density at radius 1 is 0.426 bits per heavy atom. The highest BCUT2D eigenvalue weighted by Gasteiger charge is 2.20. The Labute approximate surface area is 294 Å². The van der Waals surface area contributed by atoms with E-state index in [2.05, 4.69) is 24.5 Å². The molecular formula is C42H84N2O3. The third kappa shape index (κ3) is 34.6. The van der Waals surface area contributed by atoms with E-state index in [0.29, 0.717) is 6.61 Å². The fraction of sp³-hybridized carbons (Fsp3) is 0.952. The van der Waals surface area contributed by atoms with E-state index in [1.54, 1.807) is 6.92 Å². The van der Waals surface area contributed by atoms with Gasteiger partial charge < -0.3 is 15.4 Å². The molecule has 2 N–H and O–H groups in total. The first kappa shape index (κ1) is 45.9. The monoisotopic (exact) mass is 665 g/mol. The maximum absolute atomic E-state index is 12.5. The molecule has 0 aromatic heterocycles. The highest BCUT2D eigenvalue weighted by atomic mass is 16.5. The Hall–Kier alpha value is -1.10. The molecule has 47 heavy (non-hydrogen) atoms. The first-order valence-electron chi connectivity index (χ1n) is 21.2. The number of hydrogen-bond acceptors (Lipinski definition) is 4. The molecule has 0 aromatic rings. The van der Waals surface area contributed by atoms with Crippen LogP contribution in [0.25, 0.3) is 0 Å². The summed E-state index contributed by atoms with van der Waals surface area (Å²) >= 11 is 0. The van der Waals surface area contributed by atoms with Gasteiger partial charge in [0.05, 0.1) is 12.6 Å². The van der Waals surface area contributed by atoms with Crippen molar-refractivity contribution in [2.75, 3.05) is 13.2 Å². The van der Waals surface area contributed by atoms with E-state index in [0.717, 1.165) is 25.8 Å². The Morgan fingerprint density at radius 2 is 0.723 bits per heavy atom. The SMILES string of the molecule is CCCCCCCCCCCCCCCCCCN[C@@H](C)C(=O)N[C@@H](C)C(=O)OCCCCCCCCCCCCCCCCCC. The molecule has 0 radical (unpaired) electrons. The standard InChI is InChI=1S/C42H84N2O3/c1-5-7-9-11-13-15-17-19-21-23-25-27-29-31-33-35-37-43-39(3)41(45)44-40(4)42(46)47-38-36-34-32-30-28-26-24-22-20-18-16-14-12-10-8-6-2/h39-40,43H,5-38H2,1-4H3,(H,44,45)/t39-,40-/m0/s1. The molecule has 0 aliphatic heterocycles. The van der Waals surface area contributed by atoms with Gasteiger partial charge in [-0.3, -0.25) is 4.79 Å².